The zero-order valence-corrected chi connectivity index (χ0v) is 15.3. The van der Waals surface area contributed by atoms with Crippen LogP contribution in [0.2, 0.25) is 0 Å². The molecule has 0 aliphatic rings. The van der Waals surface area contributed by atoms with Crippen LogP contribution in [-0.2, 0) is 6.61 Å². The Bertz CT molecular complexity index is 1150. The average Bonchev–Trinajstić information content (AvgIpc) is 2.76. The van der Waals surface area contributed by atoms with Gasteiger partial charge in [-0.2, -0.15) is 10.5 Å². The maximum absolute atomic E-state index is 10.8. The van der Waals surface area contributed by atoms with Gasteiger partial charge in [0.25, 0.3) is 5.69 Å². The summed E-state index contributed by atoms with van der Waals surface area (Å²) in [4.78, 5) is 10.3. The molecule has 29 heavy (non-hydrogen) atoms. The van der Waals surface area contributed by atoms with Gasteiger partial charge in [-0.1, -0.05) is 24.3 Å². The van der Waals surface area contributed by atoms with Gasteiger partial charge in [0.2, 0.25) is 0 Å². The second kappa shape index (κ2) is 8.98. The SMILES string of the molecule is N#C/C(=C/c1cccc(OCc2cccc(C#N)c2)c1)c1ccc([N+](=O)[O-])cc1. The van der Waals surface area contributed by atoms with Crippen LogP contribution in [0.15, 0.2) is 72.8 Å². The zero-order chi connectivity index (χ0) is 20.6. The van der Waals surface area contributed by atoms with Crippen molar-refractivity contribution in [1.29, 1.82) is 10.5 Å². The minimum atomic E-state index is -0.480. The fraction of sp³-hybridized carbons (Fsp3) is 0.0435. The molecule has 0 saturated carbocycles. The molecular weight excluding hydrogens is 366 g/mol. The van der Waals surface area contributed by atoms with E-state index >= 15 is 0 Å². The maximum atomic E-state index is 10.8. The predicted octanol–water partition coefficient (Wildman–Crippen LogP) is 5.11. The highest BCUT2D eigenvalue weighted by molar-refractivity contribution is 5.89. The second-order valence-corrected chi connectivity index (χ2v) is 6.15. The van der Waals surface area contributed by atoms with E-state index in [1.807, 2.05) is 24.3 Å². The first-order chi connectivity index (χ1) is 14.1. The molecule has 0 N–H and O–H groups in total. The molecule has 0 radical (unpaired) electrons. The van der Waals surface area contributed by atoms with Crippen LogP contribution < -0.4 is 4.74 Å². The molecule has 0 heterocycles. The molecule has 0 unspecified atom stereocenters. The molecule has 0 spiro atoms. The van der Waals surface area contributed by atoms with Gasteiger partial charge in [-0.15, -0.1) is 0 Å². The average molecular weight is 381 g/mol. The van der Waals surface area contributed by atoms with E-state index in [1.165, 1.54) is 12.1 Å². The normalized spacial score (nSPS) is 10.6. The number of nitro groups is 1. The summed E-state index contributed by atoms with van der Waals surface area (Å²) < 4.78 is 5.80. The Morgan fingerprint density at radius 2 is 1.79 bits per heavy atom. The van der Waals surface area contributed by atoms with Crippen LogP contribution in [-0.4, -0.2) is 4.92 Å². The quantitative estimate of drug-likeness (QED) is 0.256. The summed E-state index contributed by atoms with van der Waals surface area (Å²) in [7, 11) is 0. The highest BCUT2D eigenvalue weighted by Crippen LogP contribution is 2.23. The summed E-state index contributed by atoms with van der Waals surface area (Å²) in [5, 5.41) is 29.2. The molecular formula is C23H15N3O3. The van der Waals surface area contributed by atoms with Gasteiger partial charge < -0.3 is 4.74 Å². The number of nitriles is 2. The number of hydrogen-bond acceptors (Lipinski definition) is 5. The third-order valence-electron chi connectivity index (χ3n) is 4.14. The third kappa shape index (κ3) is 5.06. The van der Waals surface area contributed by atoms with Crippen molar-refractivity contribution in [3.05, 3.63) is 105 Å². The summed E-state index contributed by atoms with van der Waals surface area (Å²) >= 11 is 0. The predicted molar refractivity (Wildman–Crippen MR) is 109 cm³/mol. The summed E-state index contributed by atoms with van der Waals surface area (Å²) in [5.41, 5.74) is 3.18. The molecule has 3 rings (SSSR count). The van der Waals surface area contributed by atoms with Crippen LogP contribution in [0.4, 0.5) is 5.69 Å². The Morgan fingerprint density at radius 3 is 2.48 bits per heavy atom. The number of allylic oxidation sites excluding steroid dienone is 1. The Labute approximate surface area is 167 Å². The minimum Gasteiger partial charge on any atom is -0.489 e. The molecule has 3 aromatic carbocycles. The van der Waals surface area contributed by atoms with E-state index in [-0.39, 0.29) is 5.69 Å². The molecule has 0 atom stereocenters. The van der Waals surface area contributed by atoms with Gasteiger partial charge in [-0.3, -0.25) is 10.1 Å². The summed E-state index contributed by atoms with van der Waals surface area (Å²) in [6, 6.07) is 24.5. The molecule has 0 saturated heterocycles. The Morgan fingerprint density at radius 1 is 1.03 bits per heavy atom. The fourth-order valence-electron chi connectivity index (χ4n) is 2.70. The number of hydrogen-bond donors (Lipinski definition) is 0. The number of nitro benzene ring substituents is 1. The van der Waals surface area contributed by atoms with Crippen LogP contribution in [0.3, 0.4) is 0 Å². The van der Waals surface area contributed by atoms with Gasteiger partial charge in [0.1, 0.15) is 12.4 Å². The van der Waals surface area contributed by atoms with Crippen LogP contribution >= 0.6 is 0 Å². The van der Waals surface area contributed by atoms with Crippen LogP contribution in [0.1, 0.15) is 22.3 Å². The maximum Gasteiger partial charge on any atom is 0.269 e. The van der Waals surface area contributed by atoms with E-state index in [1.54, 1.807) is 42.5 Å². The second-order valence-electron chi connectivity index (χ2n) is 6.15. The lowest BCUT2D eigenvalue weighted by Gasteiger charge is -2.08. The van der Waals surface area contributed by atoms with E-state index in [0.29, 0.717) is 29.1 Å². The van der Waals surface area contributed by atoms with Crippen molar-refractivity contribution in [2.75, 3.05) is 0 Å². The van der Waals surface area contributed by atoms with Gasteiger partial charge in [0.05, 0.1) is 28.2 Å². The standard InChI is InChI=1S/C23H15N3O3/c24-14-18-4-1-5-19(11-18)16-29-23-6-2-3-17(13-23)12-21(15-25)20-7-9-22(10-8-20)26(27)28/h1-13H,16H2/b21-12-. The number of nitrogens with zero attached hydrogens (tertiary/aromatic N) is 3. The van der Waals surface area contributed by atoms with Crippen molar-refractivity contribution in [2.24, 2.45) is 0 Å². The first-order valence-electron chi connectivity index (χ1n) is 8.67. The summed E-state index contributed by atoms with van der Waals surface area (Å²) in [6.07, 6.45) is 1.70. The molecule has 0 fully saturated rings. The third-order valence-corrected chi connectivity index (χ3v) is 4.14. The lowest BCUT2D eigenvalue weighted by molar-refractivity contribution is -0.384. The van der Waals surface area contributed by atoms with Gasteiger partial charge in [-0.25, -0.2) is 0 Å². The molecule has 140 valence electrons. The highest BCUT2D eigenvalue weighted by Gasteiger charge is 2.07. The van der Waals surface area contributed by atoms with Crippen molar-refractivity contribution in [3.63, 3.8) is 0 Å². The number of benzene rings is 3. The Hall–Kier alpha value is -4.42. The monoisotopic (exact) mass is 381 g/mol. The number of rotatable bonds is 6. The van der Waals surface area contributed by atoms with Gasteiger partial charge >= 0.3 is 0 Å². The topological polar surface area (TPSA) is 99.9 Å². The highest BCUT2D eigenvalue weighted by atomic mass is 16.6. The first kappa shape index (κ1) is 19.3. The van der Waals surface area contributed by atoms with Gasteiger partial charge in [-0.05, 0) is 59.2 Å². The van der Waals surface area contributed by atoms with Crippen molar-refractivity contribution in [3.8, 4) is 17.9 Å². The first-order valence-corrected chi connectivity index (χ1v) is 8.67. The molecule has 0 amide bonds. The summed E-state index contributed by atoms with van der Waals surface area (Å²) in [5.74, 6) is 0.627. The summed E-state index contributed by atoms with van der Waals surface area (Å²) in [6.45, 7) is 0.316. The van der Waals surface area contributed by atoms with Crippen LogP contribution in [0.25, 0.3) is 11.6 Å². The van der Waals surface area contributed by atoms with E-state index < -0.39 is 4.92 Å². The Kier molecular flexibility index (Phi) is 5.99. The number of non-ortho nitro benzene ring substituents is 1. The lowest BCUT2D eigenvalue weighted by atomic mass is 10.0. The van der Waals surface area contributed by atoms with E-state index in [9.17, 15) is 15.4 Å². The zero-order valence-electron chi connectivity index (χ0n) is 15.3. The van der Waals surface area contributed by atoms with Crippen molar-refractivity contribution < 1.29 is 9.66 Å². The van der Waals surface area contributed by atoms with Crippen molar-refractivity contribution in [2.45, 2.75) is 6.61 Å². The van der Waals surface area contributed by atoms with E-state index in [0.717, 1.165) is 11.1 Å². The number of ether oxygens (including phenoxy) is 1. The lowest BCUT2D eigenvalue weighted by Crippen LogP contribution is -1.96. The molecule has 6 nitrogen and oxygen atoms in total. The molecule has 6 heteroatoms. The Balaban J connectivity index is 1.77. The smallest absolute Gasteiger partial charge is 0.269 e. The van der Waals surface area contributed by atoms with E-state index in [2.05, 4.69) is 12.1 Å². The fourth-order valence-corrected chi connectivity index (χ4v) is 2.70. The van der Waals surface area contributed by atoms with Crippen molar-refractivity contribution in [1.82, 2.24) is 0 Å². The molecule has 0 aliphatic heterocycles. The minimum absolute atomic E-state index is 0.0260. The van der Waals surface area contributed by atoms with Crippen molar-refractivity contribution >= 4 is 17.3 Å². The van der Waals surface area contributed by atoms with Crippen LogP contribution in [0, 0.1) is 32.8 Å². The van der Waals surface area contributed by atoms with Crippen LogP contribution in [0.5, 0.6) is 5.75 Å². The molecule has 3 aromatic rings. The molecule has 0 aromatic heterocycles. The van der Waals surface area contributed by atoms with Gasteiger partial charge in [0, 0.05) is 12.1 Å². The van der Waals surface area contributed by atoms with E-state index in [4.69, 9.17) is 10.00 Å². The largest absolute Gasteiger partial charge is 0.489 e. The molecule has 0 aliphatic carbocycles. The van der Waals surface area contributed by atoms with Gasteiger partial charge in [0.15, 0.2) is 0 Å². The molecule has 0 bridgehead atoms.